The molecule has 0 aliphatic carbocycles. The van der Waals surface area contributed by atoms with Gasteiger partial charge in [0.25, 0.3) is 0 Å². The van der Waals surface area contributed by atoms with Gasteiger partial charge in [-0.1, -0.05) is 0 Å². The highest BCUT2D eigenvalue weighted by atomic mass is 32.2. The SMILES string of the molecule is CC1=C(C(=O)OCOC(=O)C(C)(C)C)N2C(=O)C[C@H]2[S+]([O-])C1=[N+]=[N-]. The number of carbonyl (C=O) groups is 3. The van der Waals surface area contributed by atoms with E-state index < -0.39 is 40.7 Å². The van der Waals surface area contributed by atoms with Gasteiger partial charge < -0.3 is 19.6 Å². The Labute approximate surface area is 141 Å². The van der Waals surface area contributed by atoms with Crippen LogP contribution in [-0.2, 0) is 35.0 Å². The molecule has 10 heteroatoms. The van der Waals surface area contributed by atoms with Gasteiger partial charge in [0.2, 0.25) is 18.1 Å². The first-order valence-electron chi connectivity index (χ1n) is 7.10. The van der Waals surface area contributed by atoms with Gasteiger partial charge in [-0.05, 0) is 27.7 Å². The van der Waals surface area contributed by atoms with E-state index in [1.807, 2.05) is 0 Å². The monoisotopic (exact) mass is 355 g/mol. The molecule has 130 valence electrons. The normalized spacial score (nSPS) is 23.3. The molecule has 1 saturated heterocycles. The number of fused-ring (bicyclic) bond motifs is 1. The van der Waals surface area contributed by atoms with Crippen molar-refractivity contribution in [3.8, 4) is 0 Å². The van der Waals surface area contributed by atoms with Crippen molar-refractivity contribution in [3.63, 3.8) is 0 Å². The molecule has 0 aromatic heterocycles. The Morgan fingerprint density at radius 2 is 2.04 bits per heavy atom. The van der Waals surface area contributed by atoms with Crippen molar-refractivity contribution in [2.45, 2.75) is 39.5 Å². The molecule has 0 spiro atoms. The first-order chi connectivity index (χ1) is 11.1. The van der Waals surface area contributed by atoms with E-state index >= 15 is 0 Å². The number of β-lactam (4-membered cyclic amide) rings is 1. The number of nitrogens with zero attached hydrogens (tertiary/aromatic N) is 3. The molecular formula is C14H17N3O6S. The third kappa shape index (κ3) is 3.08. The highest BCUT2D eigenvalue weighted by molar-refractivity contribution is 8.07. The molecule has 2 rings (SSSR count). The number of ether oxygens (including phenoxy) is 2. The van der Waals surface area contributed by atoms with E-state index in [0.717, 1.165) is 4.90 Å². The van der Waals surface area contributed by atoms with E-state index in [-0.39, 0.29) is 28.6 Å². The van der Waals surface area contributed by atoms with E-state index in [4.69, 9.17) is 15.0 Å². The summed E-state index contributed by atoms with van der Waals surface area (Å²) in [7, 11) is 0. The van der Waals surface area contributed by atoms with E-state index in [0.29, 0.717) is 0 Å². The van der Waals surface area contributed by atoms with Crippen LogP contribution < -0.4 is 0 Å². The molecule has 2 aliphatic heterocycles. The Morgan fingerprint density at radius 3 is 2.54 bits per heavy atom. The van der Waals surface area contributed by atoms with Crippen LogP contribution in [0.4, 0.5) is 0 Å². The van der Waals surface area contributed by atoms with Crippen LogP contribution in [0.25, 0.3) is 5.53 Å². The van der Waals surface area contributed by atoms with Gasteiger partial charge in [-0.3, -0.25) is 14.5 Å². The second-order valence-corrected chi connectivity index (χ2v) is 7.86. The van der Waals surface area contributed by atoms with Gasteiger partial charge in [-0.25, -0.2) is 4.79 Å². The molecule has 9 nitrogen and oxygen atoms in total. The third-order valence-corrected chi connectivity index (χ3v) is 5.18. The van der Waals surface area contributed by atoms with Gasteiger partial charge in [-0.2, -0.15) is 0 Å². The summed E-state index contributed by atoms with van der Waals surface area (Å²) in [5, 5.41) is -0.936. The fourth-order valence-electron chi connectivity index (χ4n) is 2.18. The Balaban J connectivity index is 2.15. The molecule has 1 fully saturated rings. The average molecular weight is 355 g/mol. The van der Waals surface area contributed by atoms with Crippen molar-refractivity contribution in [1.82, 2.24) is 4.90 Å². The van der Waals surface area contributed by atoms with Gasteiger partial charge in [-0.15, -0.1) is 4.79 Å². The lowest BCUT2D eigenvalue weighted by molar-refractivity contribution is -0.173. The lowest BCUT2D eigenvalue weighted by Crippen LogP contribution is -2.61. The molecule has 0 aromatic carbocycles. The standard InChI is InChI=1S/C14H17N3O6S/c1-7-10(12(19)22-6-23-13(20)14(2,3)4)17-8(18)5-9(17)24(21)11(7)16-15/h9H,5-6H2,1-4H3/t9-,24?/m1/s1. The lowest BCUT2D eigenvalue weighted by Gasteiger charge is -2.41. The van der Waals surface area contributed by atoms with Crippen LogP contribution in [-0.4, -0.2) is 49.3 Å². The van der Waals surface area contributed by atoms with Gasteiger partial charge >= 0.3 is 17.0 Å². The van der Waals surface area contributed by atoms with Crippen molar-refractivity contribution in [3.05, 3.63) is 16.8 Å². The second kappa shape index (κ2) is 6.39. The number of amides is 1. The summed E-state index contributed by atoms with van der Waals surface area (Å²) in [6.07, 6.45) is -0.0191. The summed E-state index contributed by atoms with van der Waals surface area (Å²) in [4.78, 5) is 39.6. The quantitative estimate of drug-likeness (QED) is 0.179. The largest absolute Gasteiger partial charge is 0.604 e. The highest BCUT2D eigenvalue weighted by Crippen LogP contribution is 2.37. The van der Waals surface area contributed by atoms with E-state index in [9.17, 15) is 18.9 Å². The van der Waals surface area contributed by atoms with Crippen LogP contribution in [0, 0.1) is 5.41 Å². The smallest absolute Gasteiger partial charge is 0.490 e. The fraction of sp³-hybridized carbons (Fsp3) is 0.571. The summed E-state index contributed by atoms with van der Waals surface area (Å²) in [6.45, 7) is 5.72. The van der Waals surface area contributed by atoms with E-state index in [1.54, 1.807) is 20.8 Å². The molecule has 1 amide bonds. The summed E-state index contributed by atoms with van der Waals surface area (Å²) >= 11 is -1.72. The molecule has 0 N–H and O–H groups in total. The maximum atomic E-state index is 12.2. The maximum Gasteiger partial charge on any atom is 0.490 e. The molecule has 1 unspecified atom stereocenters. The summed E-state index contributed by atoms with van der Waals surface area (Å²) < 4.78 is 21.8. The van der Waals surface area contributed by atoms with Crippen LogP contribution in [0.1, 0.15) is 34.1 Å². The Kier molecular flexibility index (Phi) is 4.84. The zero-order valence-corrected chi connectivity index (χ0v) is 14.5. The first-order valence-corrected chi connectivity index (χ1v) is 8.31. The molecule has 2 atom stereocenters. The molecule has 0 radical (unpaired) electrons. The minimum absolute atomic E-state index is 0.0191. The summed E-state index contributed by atoms with van der Waals surface area (Å²) in [5.41, 5.74) is 8.17. The number of hydrogen-bond donors (Lipinski definition) is 0. The van der Waals surface area contributed by atoms with Crippen LogP contribution >= 0.6 is 0 Å². The van der Waals surface area contributed by atoms with Gasteiger partial charge in [0.05, 0.1) is 23.0 Å². The van der Waals surface area contributed by atoms with E-state index in [2.05, 4.69) is 4.79 Å². The minimum Gasteiger partial charge on any atom is -0.604 e. The van der Waals surface area contributed by atoms with Gasteiger partial charge in [0.15, 0.2) is 0 Å². The molecular weight excluding hydrogens is 338 g/mol. The van der Waals surface area contributed by atoms with Crippen molar-refractivity contribution in [2.24, 2.45) is 5.41 Å². The van der Waals surface area contributed by atoms with Crippen LogP contribution in [0.5, 0.6) is 0 Å². The highest BCUT2D eigenvalue weighted by Gasteiger charge is 2.58. The number of esters is 2. The molecule has 0 aromatic rings. The van der Waals surface area contributed by atoms with E-state index in [1.165, 1.54) is 6.92 Å². The van der Waals surface area contributed by atoms with Crippen LogP contribution in [0.15, 0.2) is 11.3 Å². The minimum atomic E-state index is -1.72. The summed E-state index contributed by atoms with van der Waals surface area (Å²) in [6, 6.07) is 0. The lowest BCUT2D eigenvalue weighted by atomic mass is 9.98. The Bertz CT molecular complexity index is 689. The number of rotatable bonds is 3. The predicted molar refractivity (Wildman–Crippen MR) is 81.2 cm³/mol. The first kappa shape index (κ1) is 18.2. The zero-order chi connectivity index (χ0) is 18.2. The fourth-order valence-corrected chi connectivity index (χ4v) is 3.62. The average Bonchev–Trinajstić information content (AvgIpc) is 2.48. The number of carbonyl (C=O) groups excluding carboxylic acids is 3. The Morgan fingerprint density at radius 1 is 1.42 bits per heavy atom. The third-order valence-electron chi connectivity index (χ3n) is 3.54. The van der Waals surface area contributed by atoms with Gasteiger partial charge in [0, 0.05) is 0 Å². The molecule has 2 aliphatic rings. The van der Waals surface area contributed by atoms with Gasteiger partial charge in [0.1, 0.15) is 11.3 Å². The zero-order valence-electron chi connectivity index (χ0n) is 13.7. The second-order valence-electron chi connectivity index (χ2n) is 6.33. The molecule has 2 heterocycles. The van der Waals surface area contributed by atoms with Crippen molar-refractivity contribution in [1.29, 1.82) is 0 Å². The topological polar surface area (TPSA) is 132 Å². The molecule has 0 saturated carbocycles. The van der Waals surface area contributed by atoms with Crippen LogP contribution in [0.2, 0.25) is 0 Å². The van der Waals surface area contributed by atoms with Crippen molar-refractivity contribution < 1.29 is 33.2 Å². The Hall–Kier alpha value is -2.16. The van der Waals surface area contributed by atoms with Crippen molar-refractivity contribution >= 4 is 34.1 Å². The molecule has 0 bridgehead atoms. The predicted octanol–water partition coefficient (Wildman–Crippen LogP) is 0.299. The number of hydrogen-bond acceptors (Lipinski definition) is 6. The van der Waals surface area contributed by atoms with Crippen LogP contribution in [0.3, 0.4) is 0 Å². The van der Waals surface area contributed by atoms with Crippen molar-refractivity contribution in [2.75, 3.05) is 6.79 Å². The maximum absolute atomic E-state index is 12.2. The molecule has 24 heavy (non-hydrogen) atoms. The summed E-state index contributed by atoms with van der Waals surface area (Å²) in [5.74, 6) is -1.87.